The molecule has 0 heterocycles. The maximum atomic E-state index is 11.4. The number of aliphatic carboxylic acids is 2. The van der Waals surface area contributed by atoms with Crippen molar-refractivity contribution >= 4 is 40.9 Å². The number of benzene rings is 1. The third-order valence-corrected chi connectivity index (χ3v) is 3.04. The van der Waals surface area contributed by atoms with Crippen molar-refractivity contribution < 1.29 is 29.3 Å². The Bertz CT molecular complexity index is 764. The highest BCUT2D eigenvalue weighted by molar-refractivity contribution is 6.37. The number of ketones is 1. The van der Waals surface area contributed by atoms with E-state index in [4.69, 9.17) is 31.8 Å². The minimum atomic E-state index is -1.65. The van der Waals surface area contributed by atoms with Crippen molar-refractivity contribution in [2.45, 2.75) is 26.4 Å². The van der Waals surface area contributed by atoms with E-state index in [2.05, 4.69) is 4.99 Å². The number of ether oxygens (including phenoxy) is 1. The van der Waals surface area contributed by atoms with Crippen molar-refractivity contribution in [3.8, 4) is 6.07 Å². The van der Waals surface area contributed by atoms with Gasteiger partial charge in [-0.25, -0.2) is 14.6 Å². The van der Waals surface area contributed by atoms with Crippen molar-refractivity contribution in [1.29, 1.82) is 5.26 Å². The molecule has 1 aromatic rings. The maximum Gasteiger partial charge on any atom is 0.391 e. The fourth-order valence-electron chi connectivity index (χ4n) is 1.65. The number of hydrogen-bond acceptors (Lipinski definition) is 6. The largest absolute Gasteiger partial charge is 0.475 e. The van der Waals surface area contributed by atoms with Gasteiger partial charge >= 0.3 is 17.8 Å². The van der Waals surface area contributed by atoms with E-state index in [0.717, 1.165) is 0 Å². The van der Waals surface area contributed by atoms with Gasteiger partial charge in [0, 0.05) is 6.42 Å². The third kappa shape index (κ3) is 5.07. The Morgan fingerprint density at radius 1 is 1.29 bits per heavy atom. The molecule has 0 saturated carbocycles. The van der Waals surface area contributed by atoms with Crippen LogP contribution in [0.4, 0.5) is 5.69 Å². The van der Waals surface area contributed by atoms with Crippen molar-refractivity contribution in [3.63, 3.8) is 0 Å². The van der Waals surface area contributed by atoms with E-state index in [1.54, 1.807) is 19.9 Å². The molecule has 0 aliphatic carbocycles. The first kappa shape index (κ1) is 19.1. The Morgan fingerprint density at radius 2 is 1.92 bits per heavy atom. The summed E-state index contributed by atoms with van der Waals surface area (Å²) in [4.78, 5) is 36.9. The van der Waals surface area contributed by atoms with E-state index in [1.807, 2.05) is 0 Å². The topological polar surface area (TPSA) is 137 Å². The zero-order valence-corrected chi connectivity index (χ0v) is 13.5. The predicted octanol–water partition coefficient (Wildman–Crippen LogP) is 1.95. The molecular weight excluding hydrogens is 340 g/mol. The highest BCUT2D eigenvalue weighted by Crippen LogP contribution is 2.31. The van der Waals surface area contributed by atoms with Crippen LogP contribution in [0.15, 0.2) is 17.1 Å². The number of nitriles is 1. The highest BCUT2D eigenvalue weighted by Gasteiger charge is 2.19. The second-order valence-electron chi connectivity index (χ2n) is 4.87. The van der Waals surface area contributed by atoms with E-state index < -0.39 is 36.1 Å². The van der Waals surface area contributed by atoms with E-state index in [-0.39, 0.29) is 21.8 Å². The molecule has 2 N–H and O–H groups in total. The summed E-state index contributed by atoms with van der Waals surface area (Å²) >= 11 is 6.06. The van der Waals surface area contributed by atoms with Crippen molar-refractivity contribution in [2.24, 2.45) is 4.99 Å². The van der Waals surface area contributed by atoms with Crippen LogP contribution >= 0.6 is 11.6 Å². The average molecular weight is 353 g/mol. The maximum absolute atomic E-state index is 11.4. The number of nitrogens with zero attached hydrogens (tertiary/aromatic N) is 2. The van der Waals surface area contributed by atoms with Gasteiger partial charge in [-0.05, 0) is 31.5 Å². The average Bonchev–Trinajstić information content (AvgIpc) is 2.49. The lowest BCUT2D eigenvalue weighted by molar-refractivity contribution is -0.148. The minimum Gasteiger partial charge on any atom is -0.475 e. The first-order valence-electron chi connectivity index (χ1n) is 6.63. The molecule has 0 fully saturated rings. The van der Waals surface area contributed by atoms with Gasteiger partial charge in [0.25, 0.3) is 0 Å². The molecule has 0 bridgehead atoms. The second kappa shape index (κ2) is 8.08. The smallest absolute Gasteiger partial charge is 0.391 e. The number of Topliss-reactive ketones (excluding diaryl/α,β-unsaturated/α-hetero) is 1. The highest BCUT2D eigenvalue weighted by atomic mass is 35.5. The quantitative estimate of drug-likeness (QED) is 0.469. The van der Waals surface area contributed by atoms with Gasteiger partial charge in [-0.15, -0.1) is 0 Å². The van der Waals surface area contributed by atoms with Crippen molar-refractivity contribution in [1.82, 2.24) is 0 Å². The lowest BCUT2D eigenvalue weighted by atomic mass is 10.0. The van der Waals surface area contributed by atoms with E-state index >= 15 is 0 Å². The lowest BCUT2D eigenvalue weighted by Crippen LogP contribution is -2.20. The summed E-state index contributed by atoms with van der Waals surface area (Å²) in [7, 11) is 0. The molecule has 0 radical (unpaired) electrons. The third-order valence-electron chi connectivity index (χ3n) is 2.60. The van der Waals surface area contributed by atoms with Crippen molar-refractivity contribution in [3.05, 3.63) is 28.3 Å². The summed E-state index contributed by atoms with van der Waals surface area (Å²) in [5.41, 5.74) is -0.0151. The molecule has 0 aromatic heterocycles. The minimum absolute atomic E-state index is 0.0422. The Kier molecular flexibility index (Phi) is 6.44. The van der Waals surface area contributed by atoms with E-state index in [1.165, 1.54) is 12.1 Å². The van der Waals surface area contributed by atoms with Crippen LogP contribution in [0.3, 0.4) is 0 Å². The molecule has 0 spiro atoms. The summed E-state index contributed by atoms with van der Waals surface area (Å²) in [6.45, 7) is 3.20. The van der Waals surface area contributed by atoms with Gasteiger partial charge < -0.3 is 14.9 Å². The second-order valence-corrected chi connectivity index (χ2v) is 5.25. The Balaban J connectivity index is 3.42. The van der Waals surface area contributed by atoms with Gasteiger partial charge in [-0.1, -0.05) is 11.6 Å². The number of hydrogen-bond donors (Lipinski definition) is 2. The number of halogens is 1. The zero-order chi connectivity index (χ0) is 18.4. The van der Waals surface area contributed by atoms with Gasteiger partial charge in [0.05, 0.1) is 28.4 Å². The van der Waals surface area contributed by atoms with Crippen LogP contribution in [0.25, 0.3) is 0 Å². The van der Waals surface area contributed by atoms with Gasteiger partial charge in [0.1, 0.15) is 0 Å². The van der Waals surface area contributed by atoms with Crippen LogP contribution in [-0.2, 0) is 25.5 Å². The molecule has 0 atom stereocenters. The normalized spacial score (nSPS) is 11.0. The molecule has 1 rings (SSSR count). The molecule has 0 aliphatic heterocycles. The number of aliphatic imine (C=N–C) groups is 1. The van der Waals surface area contributed by atoms with Crippen LogP contribution < -0.4 is 0 Å². The van der Waals surface area contributed by atoms with Gasteiger partial charge in [-0.3, -0.25) is 4.79 Å². The predicted molar refractivity (Wildman–Crippen MR) is 83.5 cm³/mol. The summed E-state index contributed by atoms with van der Waals surface area (Å²) in [5, 5.41) is 26.6. The summed E-state index contributed by atoms with van der Waals surface area (Å²) in [5.74, 6) is -4.85. The Morgan fingerprint density at radius 3 is 2.38 bits per heavy atom. The standard InChI is InChI=1S/C15H13ClN2O6/c1-7(2)24-13(15(22)23)18-10-4-8(6-17)3-9(12(10)16)5-11(19)14(20)21/h3-4,7H,5H2,1-2H3,(H,20,21)(H,22,23). The van der Waals surface area contributed by atoms with Crippen LogP contribution in [0, 0.1) is 11.3 Å². The molecule has 0 saturated heterocycles. The number of carboxylic acid groups (broad SMARTS) is 2. The summed E-state index contributed by atoms with van der Waals surface area (Å²) in [6.07, 6.45) is -1.02. The van der Waals surface area contributed by atoms with Crippen molar-refractivity contribution in [2.75, 3.05) is 0 Å². The van der Waals surface area contributed by atoms with Gasteiger partial charge in [-0.2, -0.15) is 5.26 Å². The monoisotopic (exact) mass is 352 g/mol. The summed E-state index contributed by atoms with van der Waals surface area (Å²) < 4.78 is 5.05. The van der Waals surface area contributed by atoms with Gasteiger partial charge in [0.15, 0.2) is 0 Å². The molecule has 9 heteroatoms. The molecule has 0 amide bonds. The molecule has 0 unspecified atom stereocenters. The Labute approximate surface area is 141 Å². The zero-order valence-electron chi connectivity index (χ0n) is 12.7. The number of carbonyl (C=O) groups is 3. The molecule has 0 aliphatic rings. The Hall–Kier alpha value is -2.92. The molecule has 1 aromatic carbocycles. The van der Waals surface area contributed by atoms with E-state index in [9.17, 15) is 14.4 Å². The van der Waals surface area contributed by atoms with Crippen LogP contribution in [0.1, 0.15) is 25.0 Å². The van der Waals surface area contributed by atoms with Crippen LogP contribution in [0.2, 0.25) is 5.02 Å². The molecule has 8 nitrogen and oxygen atoms in total. The number of carbonyl (C=O) groups excluding carboxylic acids is 1. The molecule has 24 heavy (non-hydrogen) atoms. The van der Waals surface area contributed by atoms with E-state index in [0.29, 0.717) is 0 Å². The van der Waals surface area contributed by atoms with Crippen LogP contribution in [0.5, 0.6) is 0 Å². The molecular formula is C15H13ClN2O6. The first-order valence-corrected chi connectivity index (χ1v) is 7.00. The van der Waals surface area contributed by atoms with Gasteiger partial charge in [0.2, 0.25) is 5.78 Å². The van der Waals surface area contributed by atoms with Crippen LogP contribution in [-0.4, -0.2) is 39.9 Å². The number of rotatable bonds is 5. The molecule has 126 valence electrons. The fraction of sp³-hybridized carbons (Fsp3) is 0.267. The fourth-order valence-corrected chi connectivity index (χ4v) is 1.87. The number of carboxylic acids is 2. The lowest BCUT2D eigenvalue weighted by Gasteiger charge is -2.10. The SMILES string of the molecule is CC(C)OC(=Nc1cc(C#N)cc(CC(=O)C(=O)O)c1Cl)C(=O)O. The first-order chi connectivity index (χ1) is 11.1. The summed E-state index contributed by atoms with van der Waals surface area (Å²) in [6, 6.07) is 4.26.